The second-order valence-corrected chi connectivity index (χ2v) is 13.5. The van der Waals surface area contributed by atoms with Crippen LogP contribution < -0.4 is 5.73 Å². The van der Waals surface area contributed by atoms with Crippen LogP contribution in [0.15, 0.2) is 48.1 Å². The normalized spacial score (nSPS) is 35.2. The molecule has 16 heteroatoms. The summed E-state index contributed by atoms with van der Waals surface area (Å²) in [6.07, 6.45) is -0.440. The average Bonchev–Trinajstić information content (AvgIpc) is 3.26. The van der Waals surface area contributed by atoms with Crippen LogP contribution in [0.4, 0.5) is 9.18 Å². The molecule has 15 nitrogen and oxygen atoms in total. The van der Waals surface area contributed by atoms with Gasteiger partial charge in [-0.3, -0.25) is 14.4 Å². The SMILES string of the molecule is C[C@]12C=CC(=O)C=C1CC[C@H]1[C@@H]3C[C@@H](O)[C@](O)(C(=O)COC(=O)C(N)COC(=O)OCc4ccccc4CO[N+](=O)[O-])[C@@]3(C)C[C@H](O)[C@@]12F. The van der Waals surface area contributed by atoms with Crippen LogP contribution in [0, 0.1) is 32.8 Å². The molecule has 3 saturated carbocycles. The summed E-state index contributed by atoms with van der Waals surface area (Å²) in [5, 5.41) is 43.8. The number of nitrogens with two attached hydrogens (primary N) is 1. The van der Waals surface area contributed by atoms with Crippen molar-refractivity contribution in [3.8, 4) is 0 Å². The van der Waals surface area contributed by atoms with E-state index in [2.05, 4.69) is 4.84 Å². The third-order valence-electron chi connectivity index (χ3n) is 11.1. The lowest BCUT2D eigenvalue weighted by Crippen LogP contribution is -2.69. The van der Waals surface area contributed by atoms with E-state index in [1.54, 1.807) is 25.1 Å². The van der Waals surface area contributed by atoms with E-state index in [0.717, 1.165) is 0 Å². The van der Waals surface area contributed by atoms with E-state index >= 15 is 4.39 Å². The average molecular weight is 691 g/mol. The van der Waals surface area contributed by atoms with E-state index in [9.17, 15) is 44.6 Å². The molecule has 0 heterocycles. The lowest BCUT2D eigenvalue weighted by molar-refractivity contribution is -0.763. The zero-order valence-electron chi connectivity index (χ0n) is 26.9. The van der Waals surface area contributed by atoms with Gasteiger partial charge in [-0.1, -0.05) is 42.8 Å². The third-order valence-corrected chi connectivity index (χ3v) is 11.1. The number of hydrogen-bond donors (Lipinski definition) is 4. The number of halogens is 1. The topological polar surface area (TPSA) is 235 Å². The van der Waals surface area contributed by atoms with Gasteiger partial charge in [0.2, 0.25) is 5.78 Å². The number of fused-ring (bicyclic) bond motifs is 5. The first-order valence-corrected chi connectivity index (χ1v) is 15.8. The van der Waals surface area contributed by atoms with Crippen LogP contribution in [-0.2, 0) is 46.6 Å². The Bertz CT molecular complexity index is 1600. The van der Waals surface area contributed by atoms with Crippen LogP contribution in [-0.4, -0.2) is 86.8 Å². The van der Waals surface area contributed by atoms with Crippen LogP contribution in [0.1, 0.15) is 50.7 Å². The molecule has 5 rings (SSSR count). The number of carbonyl (C=O) groups is 4. The second-order valence-electron chi connectivity index (χ2n) is 13.5. The summed E-state index contributed by atoms with van der Waals surface area (Å²) in [5.74, 6) is -4.16. The molecule has 0 saturated heterocycles. The van der Waals surface area contributed by atoms with Crippen molar-refractivity contribution < 1.29 is 63.0 Å². The van der Waals surface area contributed by atoms with E-state index < -0.39 is 94.8 Å². The zero-order valence-corrected chi connectivity index (χ0v) is 26.9. The van der Waals surface area contributed by atoms with E-state index in [1.807, 2.05) is 0 Å². The molecular formula is C33H39FN2O13. The molecule has 1 unspecified atom stereocenters. The highest BCUT2D eigenvalue weighted by Gasteiger charge is 2.76. The summed E-state index contributed by atoms with van der Waals surface area (Å²) < 4.78 is 32.1. The van der Waals surface area contributed by atoms with Gasteiger partial charge in [-0.25, -0.2) is 9.18 Å². The molecule has 9 atom stereocenters. The Hall–Kier alpha value is -4.25. The van der Waals surface area contributed by atoms with E-state index in [0.29, 0.717) is 23.1 Å². The van der Waals surface area contributed by atoms with Crippen LogP contribution in [0.5, 0.6) is 0 Å². The van der Waals surface area contributed by atoms with Crippen molar-refractivity contribution in [3.63, 3.8) is 0 Å². The van der Waals surface area contributed by atoms with Gasteiger partial charge in [0.1, 0.15) is 25.9 Å². The molecule has 0 aliphatic heterocycles. The monoisotopic (exact) mass is 690 g/mol. The minimum Gasteiger partial charge on any atom is -0.456 e. The van der Waals surface area contributed by atoms with Crippen molar-refractivity contribution >= 4 is 23.7 Å². The van der Waals surface area contributed by atoms with Crippen LogP contribution >= 0.6 is 0 Å². The number of alkyl halides is 1. The van der Waals surface area contributed by atoms with Gasteiger partial charge in [-0.15, -0.1) is 10.1 Å². The Morgan fingerprint density at radius 1 is 1.08 bits per heavy atom. The minimum atomic E-state index is -2.51. The fourth-order valence-electron chi connectivity index (χ4n) is 8.45. The number of hydrogen-bond acceptors (Lipinski definition) is 14. The van der Waals surface area contributed by atoms with Gasteiger partial charge in [0, 0.05) is 16.7 Å². The third kappa shape index (κ3) is 6.00. The maximum absolute atomic E-state index is 17.3. The number of benzene rings is 1. The smallest absolute Gasteiger partial charge is 0.456 e. The van der Waals surface area contributed by atoms with E-state index in [4.69, 9.17) is 19.9 Å². The molecule has 1 aromatic rings. The van der Waals surface area contributed by atoms with Gasteiger partial charge in [-0.2, -0.15) is 0 Å². The predicted molar refractivity (Wildman–Crippen MR) is 163 cm³/mol. The first kappa shape index (κ1) is 36.0. The molecule has 0 bridgehead atoms. The quantitative estimate of drug-likeness (QED) is 0.147. The molecule has 266 valence electrons. The Morgan fingerprint density at radius 2 is 1.76 bits per heavy atom. The number of ether oxygens (including phenoxy) is 3. The number of aliphatic hydroxyl groups is 3. The molecule has 4 aliphatic carbocycles. The van der Waals surface area contributed by atoms with Gasteiger partial charge >= 0.3 is 12.1 Å². The fraction of sp³-hybridized carbons (Fsp3) is 0.576. The van der Waals surface area contributed by atoms with Crippen molar-refractivity contribution in [3.05, 3.63) is 69.3 Å². The first-order valence-electron chi connectivity index (χ1n) is 15.8. The number of esters is 1. The molecule has 4 aliphatic rings. The molecule has 0 amide bonds. The Balaban J connectivity index is 1.18. The highest BCUT2D eigenvalue weighted by molar-refractivity contribution is 6.01. The van der Waals surface area contributed by atoms with Gasteiger partial charge < -0.3 is 40.1 Å². The molecule has 1 aromatic carbocycles. The lowest BCUT2D eigenvalue weighted by atomic mass is 9.44. The minimum absolute atomic E-state index is 0.157. The highest BCUT2D eigenvalue weighted by atomic mass is 19.1. The van der Waals surface area contributed by atoms with Crippen LogP contribution in [0.25, 0.3) is 0 Å². The van der Waals surface area contributed by atoms with Crippen molar-refractivity contribution in [1.82, 2.24) is 0 Å². The van der Waals surface area contributed by atoms with Gasteiger partial charge in [0.25, 0.3) is 5.09 Å². The largest absolute Gasteiger partial charge is 0.508 e. The number of ketones is 2. The first-order chi connectivity index (χ1) is 23.0. The number of aliphatic hydroxyl groups excluding tert-OH is 2. The number of rotatable bonds is 11. The van der Waals surface area contributed by atoms with Crippen LogP contribution in [0.2, 0.25) is 0 Å². The summed E-state index contributed by atoms with van der Waals surface area (Å²) in [6, 6.07) is 4.73. The maximum atomic E-state index is 17.3. The predicted octanol–water partition coefficient (Wildman–Crippen LogP) is 1.56. The van der Waals surface area contributed by atoms with E-state index in [-0.39, 0.29) is 31.8 Å². The molecule has 0 spiro atoms. The second kappa shape index (κ2) is 13.2. The standard InChI is InChI=1S/C33H39FN2O13/c1-30-10-9-21(37)11-20(30)7-8-22-23-12-25(38)33(43,31(23,2)13-26(39)32(22,30)34)27(40)17-46-28(41)24(35)16-48-29(42)47-14-18-5-3-4-6-19(18)15-49-36(44)45/h3-6,9-11,22-26,38-39,43H,7-8,12-17,35H2,1-2H3/t22-,23-,24?,25+,26-,30-,31-,32-,33-/m0/s1. The summed E-state index contributed by atoms with van der Waals surface area (Å²) in [5.41, 5.74) is -0.479. The summed E-state index contributed by atoms with van der Waals surface area (Å²) in [6.45, 7) is 0.672. The van der Waals surface area contributed by atoms with Crippen molar-refractivity contribution in [2.24, 2.45) is 28.4 Å². The van der Waals surface area contributed by atoms with Gasteiger partial charge in [0.15, 0.2) is 23.7 Å². The number of Topliss-reactive ketones (excluding diaryl/α,β-unsaturated/α-hetero) is 1. The maximum Gasteiger partial charge on any atom is 0.508 e. The Kier molecular flexibility index (Phi) is 9.73. The van der Waals surface area contributed by atoms with Crippen molar-refractivity contribution in [2.75, 3.05) is 13.2 Å². The Morgan fingerprint density at radius 3 is 2.43 bits per heavy atom. The Labute approximate surface area is 279 Å². The fourth-order valence-corrected chi connectivity index (χ4v) is 8.45. The van der Waals surface area contributed by atoms with Crippen molar-refractivity contribution in [2.45, 2.75) is 82.3 Å². The molecule has 3 fully saturated rings. The number of nitrogens with zero attached hydrogens (tertiary/aromatic N) is 1. The summed E-state index contributed by atoms with van der Waals surface area (Å²) in [7, 11) is 0. The lowest BCUT2D eigenvalue weighted by Gasteiger charge is -2.62. The molecule has 0 radical (unpaired) electrons. The summed E-state index contributed by atoms with van der Waals surface area (Å²) in [4.78, 5) is 65.1. The van der Waals surface area contributed by atoms with Gasteiger partial charge in [-0.05, 0) is 61.8 Å². The number of allylic oxidation sites excluding steroid dienone is 4. The highest BCUT2D eigenvalue weighted by Crippen LogP contribution is 2.69. The van der Waals surface area contributed by atoms with Crippen LogP contribution in [0.3, 0.4) is 0 Å². The molecule has 49 heavy (non-hydrogen) atoms. The zero-order chi connectivity index (χ0) is 35.9. The number of carbonyl (C=O) groups excluding carboxylic acids is 4. The molecule has 0 aromatic heterocycles. The molecule has 5 N–H and O–H groups in total. The van der Waals surface area contributed by atoms with E-state index in [1.165, 1.54) is 31.2 Å². The summed E-state index contributed by atoms with van der Waals surface area (Å²) >= 11 is 0. The van der Waals surface area contributed by atoms with Crippen molar-refractivity contribution in [1.29, 1.82) is 0 Å². The molecular weight excluding hydrogens is 651 g/mol. The van der Waals surface area contributed by atoms with Gasteiger partial charge in [0.05, 0.1) is 12.2 Å².